The molecule has 1 aliphatic rings. The predicted molar refractivity (Wildman–Crippen MR) is 55.9 cm³/mol. The van der Waals surface area contributed by atoms with Gasteiger partial charge in [-0.05, 0) is 18.2 Å². The average Bonchev–Trinajstić information content (AvgIpc) is 2.29. The lowest BCUT2D eigenvalue weighted by Gasteiger charge is -2.39. The van der Waals surface area contributed by atoms with Crippen molar-refractivity contribution in [2.45, 2.75) is 12.0 Å². The SMILES string of the molecule is NC(=O)NC1(C(=O)[O-])CCOc2ccc(F)cc21. The topological polar surface area (TPSA) is 104 Å². The van der Waals surface area contributed by atoms with Crippen molar-refractivity contribution in [3.8, 4) is 5.75 Å². The van der Waals surface area contributed by atoms with E-state index in [1.807, 2.05) is 0 Å². The molecule has 1 heterocycles. The van der Waals surface area contributed by atoms with E-state index in [0.29, 0.717) is 0 Å². The molecular formula is C11H10FN2O4-. The molecule has 1 aromatic carbocycles. The number of carbonyl (C=O) groups is 2. The summed E-state index contributed by atoms with van der Waals surface area (Å²) in [6.45, 7) is 0.0485. The van der Waals surface area contributed by atoms with E-state index in [4.69, 9.17) is 10.5 Å². The number of carboxylic acid groups (broad SMARTS) is 1. The van der Waals surface area contributed by atoms with Crippen molar-refractivity contribution in [3.63, 3.8) is 0 Å². The Balaban J connectivity index is 2.59. The quantitative estimate of drug-likeness (QED) is 0.721. The van der Waals surface area contributed by atoms with Crippen LogP contribution in [0.1, 0.15) is 12.0 Å². The summed E-state index contributed by atoms with van der Waals surface area (Å²) in [5.74, 6) is -2.02. The molecule has 18 heavy (non-hydrogen) atoms. The summed E-state index contributed by atoms with van der Waals surface area (Å²) in [7, 11) is 0. The highest BCUT2D eigenvalue weighted by Gasteiger charge is 2.40. The molecular weight excluding hydrogens is 243 g/mol. The number of nitrogens with one attached hydrogen (secondary N) is 1. The molecule has 2 amide bonds. The van der Waals surface area contributed by atoms with Crippen molar-refractivity contribution in [3.05, 3.63) is 29.6 Å². The standard InChI is InChI=1S/C11H11FN2O4/c12-6-1-2-8-7(5-6)11(9(15)16,3-4-18-8)14-10(13)17/h1-2,5H,3-4H2,(H,15,16)(H3,13,14,17)/p-1. The zero-order chi connectivity index (χ0) is 13.3. The largest absolute Gasteiger partial charge is 0.547 e. The number of hydrogen-bond acceptors (Lipinski definition) is 4. The molecule has 3 N–H and O–H groups in total. The van der Waals surface area contributed by atoms with Crippen molar-refractivity contribution < 1.29 is 23.8 Å². The number of hydrogen-bond donors (Lipinski definition) is 2. The van der Waals surface area contributed by atoms with Crippen LogP contribution in [0.4, 0.5) is 9.18 Å². The molecule has 6 nitrogen and oxygen atoms in total. The van der Waals surface area contributed by atoms with Crippen LogP contribution in [0.2, 0.25) is 0 Å². The maximum atomic E-state index is 13.2. The van der Waals surface area contributed by atoms with Gasteiger partial charge in [0, 0.05) is 12.0 Å². The Labute approximate surface area is 102 Å². The lowest BCUT2D eigenvalue weighted by molar-refractivity contribution is -0.315. The van der Waals surface area contributed by atoms with Gasteiger partial charge in [-0.3, -0.25) is 0 Å². The van der Waals surface area contributed by atoms with E-state index in [1.54, 1.807) is 0 Å². The summed E-state index contributed by atoms with van der Waals surface area (Å²) in [5, 5.41) is 13.4. The lowest BCUT2D eigenvalue weighted by atomic mass is 9.84. The molecule has 96 valence electrons. The fourth-order valence-electron chi connectivity index (χ4n) is 2.01. The van der Waals surface area contributed by atoms with Crippen molar-refractivity contribution in [2.24, 2.45) is 5.73 Å². The minimum atomic E-state index is -1.86. The van der Waals surface area contributed by atoms with E-state index in [9.17, 15) is 19.1 Å². The summed E-state index contributed by atoms with van der Waals surface area (Å²) in [4.78, 5) is 22.3. The van der Waals surface area contributed by atoms with E-state index in [-0.39, 0.29) is 24.3 Å². The Morgan fingerprint density at radius 1 is 1.50 bits per heavy atom. The van der Waals surface area contributed by atoms with Crippen LogP contribution in [0.3, 0.4) is 0 Å². The number of halogens is 1. The van der Waals surface area contributed by atoms with Crippen LogP contribution >= 0.6 is 0 Å². The summed E-state index contributed by atoms with van der Waals surface area (Å²) in [6.07, 6.45) is -0.0886. The van der Waals surface area contributed by atoms with Crippen LogP contribution in [-0.2, 0) is 10.3 Å². The Hall–Kier alpha value is -2.31. The first-order chi connectivity index (χ1) is 8.45. The molecule has 0 bridgehead atoms. The van der Waals surface area contributed by atoms with Crippen LogP contribution in [-0.4, -0.2) is 18.6 Å². The second-order valence-corrected chi connectivity index (χ2v) is 3.92. The monoisotopic (exact) mass is 253 g/mol. The number of rotatable bonds is 2. The van der Waals surface area contributed by atoms with Crippen molar-refractivity contribution in [1.82, 2.24) is 5.32 Å². The highest BCUT2D eigenvalue weighted by Crippen LogP contribution is 2.37. The highest BCUT2D eigenvalue weighted by molar-refractivity contribution is 5.86. The zero-order valence-electron chi connectivity index (χ0n) is 9.23. The van der Waals surface area contributed by atoms with Gasteiger partial charge in [0.15, 0.2) is 0 Å². The number of ether oxygens (including phenoxy) is 1. The number of amides is 2. The maximum absolute atomic E-state index is 13.2. The molecule has 1 unspecified atom stereocenters. The minimum Gasteiger partial charge on any atom is -0.547 e. The number of carboxylic acids is 1. The third kappa shape index (κ3) is 1.83. The lowest BCUT2D eigenvalue weighted by Crippen LogP contribution is -2.60. The number of urea groups is 1. The van der Waals surface area contributed by atoms with Gasteiger partial charge in [-0.2, -0.15) is 0 Å². The third-order valence-corrected chi connectivity index (χ3v) is 2.82. The Morgan fingerprint density at radius 3 is 2.83 bits per heavy atom. The van der Waals surface area contributed by atoms with Gasteiger partial charge in [-0.1, -0.05) is 0 Å². The Kier molecular flexibility index (Phi) is 2.82. The van der Waals surface area contributed by atoms with Crippen molar-refractivity contribution in [2.75, 3.05) is 6.61 Å². The van der Waals surface area contributed by atoms with Gasteiger partial charge >= 0.3 is 6.03 Å². The summed E-state index contributed by atoms with van der Waals surface area (Å²) >= 11 is 0. The number of nitrogens with two attached hydrogens (primary N) is 1. The van der Waals surface area contributed by atoms with Gasteiger partial charge in [0.2, 0.25) is 0 Å². The van der Waals surface area contributed by atoms with Gasteiger partial charge in [-0.15, -0.1) is 0 Å². The maximum Gasteiger partial charge on any atom is 0.313 e. The number of carbonyl (C=O) groups excluding carboxylic acids is 2. The highest BCUT2D eigenvalue weighted by atomic mass is 19.1. The number of primary amides is 1. The van der Waals surface area contributed by atoms with Gasteiger partial charge < -0.3 is 25.7 Å². The number of aliphatic carboxylic acids is 1. The van der Waals surface area contributed by atoms with Crippen LogP contribution in [0.25, 0.3) is 0 Å². The van der Waals surface area contributed by atoms with E-state index >= 15 is 0 Å². The number of benzene rings is 1. The second kappa shape index (κ2) is 4.17. The van der Waals surface area contributed by atoms with E-state index in [0.717, 1.165) is 12.1 Å². The fourth-order valence-corrected chi connectivity index (χ4v) is 2.01. The van der Waals surface area contributed by atoms with E-state index in [1.165, 1.54) is 6.07 Å². The fraction of sp³-hybridized carbons (Fsp3) is 0.273. The van der Waals surface area contributed by atoms with Gasteiger partial charge in [0.25, 0.3) is 0 Å². The molecule has 1 aromatic rings. The van der Waals surface area contributed by atoms with Crippen LogP contribution < -0.4 is 20.9 Å². The zero-order valence-corrected chi connectivity index (χ0v) is 9.23. The molecule has 0 saturated carbocycles. The molecule has 7 heteroatoms. The van der Waals surface area contributed by atoms with Crippen molar-refractivity contribution >= 4 is 12.0 Å². The van der Waals surface area contributed by atoms with E-state index in [2.05, 4.69) is 5.32 Å². The molecule has 0 aromatic heterocycles. The smallest absolute Gasteiger partial charge is 0.313 e. The average molecular weight is 253 g/mol. The molecule has 1 aliphatic heterocycles. The molecule has 0 saturated heterocycles. The van der Waals surface area contributed by atoms with Crippen LogP contribution in [0.15, 0.2) is 18.2 Å². The molecule has 0 fully saturated rings. The first kappa shape index (κ1) is 12.2. The van der Waals surface area contributed by atoms with E-state index < -0.39 is 23.4 Å². The van der Waals surface area contributed by atoms with Gasteiger partial charge in [-0.25, -0.2) is 9.18 Å². The Bertz CT molecular complexity index is 520. The molecule has 1 atom stereocenters. The summed E-state index contributed by atoms with van der Waals surface area (Å²) < 4.78 is 18.4. The molecule has 0 radical (unpaired) electrons. The van der Waals surface area contributed by atoms with Crippen LogP contribution in [0.5, 0.6) is 5.75 Å². The minimum absolute atomic E-state index is 0.00690. The normalized spacial score (nSPS) is 21.6. The molecule has 2 rings (SSSR count). The second-order valence-electron chi connectivity index (χ2n) is 3.92. The number of fused-ring (bicyclic) bond motifs is 1. The Morgan fingerprint density at radius 2 is 2.22 bits per heavy atom. The van der Waals surface area contributed by atoms with Gasteiger partial charge in [0.05, 0.1) is 12.6 Å². The summed E-state index contributed by atoms with van der Waals surface area (Å²) in [5.41, 5.74) is 3.10. The first-order valence-corrected chi connectivity index (χ1v) is 5.17. The van der Waals surface area contributed by atoms with Crippen LogP contribution in [0, 0.1) is 5.82 Å². The van der Waals surface area contributed by atoms with Crippen molar-refractivity contribution in [1.29, 1.82) is 0 Å². The third-order valence-electron chi connectivity index (χ3n) is 2.82. The first-order valence-electron chi connectivity index (χ1n) is 5.17. The molecule has 0 spiro atoms. The summed E-state index contributed by atoms with van der Waals surface area (Å²) in [6, 6.07) is 2.38. The molecule has 0 aliphatic carbocycles. The predicted octanol–water partition coefficient (Wildman–Crippen LogP) is -0.778. The van der Waals surface area contributed by atoms with Gasteiger partial charge in [0.1, 0.15) is 17.1 Å².